The van der Waals surface area contributed by atoms with Gasteiger partial charge in [0, 0.05) is 22.3 Å². The highest BCUT2D eigenvalue weighted by Crippen LogP contribution is 2.12. The molecule has 0 aliphatic heterocycles. The molecule has 3 aromatic carbocycles. The molecule has 0 heteroatoms. The molecule has 0 heterocycles. The molecule has 0 saturated carbocycles. The highest BCUT2D eigenvalue weighted by molar-refractivity contribution is 5.51. The van der Waals surface area contributed by atoms with E-state index in [1.54, 1.807) is 0 Å². The van der Waals surface area contributed by atoms with Gasteiger partial charge in [-0.15, -0.1) is 0 Å². The fourth-order valence-electron chi connectivity index (χ4n) is 2.53. The second-order valence-corrected chi connectivity index (χ2v) is 5.96. The second kappa shape index (κ2) is 8.05. The first-order valence-corrected chi connectivity index (χ1v) is 8.53. The van der Waals surface area contributed by atoms with Crippen LogP contribution < -0.4 is 0 Å². The molecular weight excluding hydrogens is 300 g/mol. The van der Waals surface area contributed by atoms with E-state index in [0.29, 0.717) is 0 Å². The lowest BCUT2D eigenvalue weighted by atomic mass is 10.0. The molecule has 0 bridgehead atoms. The van der Waals surface area contributed by atoms with Gasteiger partial charge in [0.2, 0.25) is 0 Å². The lowest BCUT2D eigenvalue weighted by Crippen LogP contribution is -1.89. The number of aryl methyl sites for hydroxylation is 2. The highest BCUT2D eigenvalue weighted by Gasteiger charge is 1.99. The summed E-state index contributed by atoms with van der Waals surface area (Å²) < 4.78 is 0. The predicted octanol–water partition coefficient (Wildman–Crippen LogP) is 5.36. The van der Waals surface area contributed by atoms with Crippen molar-refractivity contribution in [2.75, 3.05) is 0 Å². The summed E-state index contributed by atoms with van der Waals surface area (Å²) in [6, 6.07) is 24.6. The van der Waals surface area contributed by atoms with E-state index < -0.39 is 0 Å². The molecular formula is C25H20. The summed E-state index contributed by atoms with van der Waals surface area (Å²) in [6.07, 6.45) is 0.943. The Hall–Kier alpha value is -3.22. The minimum absolute atomic E-state index is 0.943. The van der Waals surface area contributed by atoms with Crippen LogP contribution in [0, 0.1) is 30.6 Å². The standard InChI is InChI=1S/C25H20/c1-3-24-19-23(14-13-21-7-5-4-6-8-21)16-18-25(24)17-15-22-11-9-20(2)10-12-22/h4-12,16,18-19H,3H2,1-2H3. The van der Waals surface area contributed by atoms with Crippen LogP contribution in [-0.2, 0) is 6.42 Å². The van der Waals surface area contributed by atoms with Crippen LogP contribution in [0.4, 0.5) is 0 Å². The number of hydrogen-bond donors (Lipinski definition) is 0. The van der Waals surface area contributed by atoms with Gasteiger partial charge in [-0.25, -0.2) is 0 Å². The van der Waals surface area contributed by atoms with Gasteiger partial charge in [-0.2, -0.15) is 0 Å². The molecule has 0 nitrogen and oxygen atoms in total. The van der Waals surface area contributed by atoms with Gasteiger partial charge in [0.05, 0.1) is 0 Å². The van der Waals surface area contributed by atoms with E-state index in [1.807, 2.05) is 36.4 Å². The van der Waals surface area contributed by atoms with Crippen molar-refractivity contribution in [3.8, 4) is 23.7 Å². The van der Waals surface area contributed by atoms with Crippen molar-refractivity contribution < 1.29 is 0 Å². The van der Waals surface area contributed by atoms with Gasteiger partial charge in [0.1, 0.15) is 0 Å². The molecule has 0 unspecified atom stereocenters. The second-order valence-electron chi connectivity index (χ2n) is 5.96. The normalized spacial score (nSPS) is 9.52. The molecule has 0 aliphatic carbocycles. The zero-order chi connectivity index (χ0) is 17.5. The van der Waals surface area contributed by atoms with Crippen molar-refractivity contribution in [3.63, 3.8) is 0 Å². The Kier molecular flexibility index (Phi) is 5.36. The van der Waals surface area contributed by atoms with Gasteiger partial charge in [0.15, 0.2) is 0 Å². The first kappa shape index (κ1) is 16.6. The van der Waals surface area contributed by atoms with Crippen LogP contribution in [-0.4, -0.2) is 0 Å². The van der Waals surface area contributed by atoms with Crippen LogP contribution in [0.2, 0.25) is 0 Å². The predicted molar refractivity (Wildman–Crippen MR) is 105 cm³/mol. The van der Waals surface area contributed by atoms with Crippen LogP contribution in [0.5, 0.6) is 0 Å². The van der Waals surface area contributed by atoms with E-state index >= 15 is 0 Å². The molecule has 25 heavy (non-hydrogen) atoms. The lowest BCUT2D eigenvalue weighted by molar-refractivity contribution is 1.13. The summed E-state index contributed by atoms with van der Waals surface area (Å²) in [5.74, 6) is 13.0. The Bertz CT molecular complexity index is 969. The fourth-order valence-corrected chi connectivity index (χ4v) is 2.53. The molecule has 3 rings (SSSR count). The molecule has 0 fully saturated rings. The Morgan fingerprint density at radius 2 is 1.24 bits per heavy atom. The molecule has 3 aromatic rings. The van der Waals surface area contributed by atoms with Crippen LogP contribution in [0.3, 0.4) is 0 Å². The molecule has 0 saturated heterocycles. The topological polar surface area (TPSA) is 0 Å². The summed E-state index contributed by atoms with van der Waals surface area (Å²) in [6.45, 7) is 4.24. The van der Waals surface area contributed by atoms with Crippen LogP contribution >= 0.6 is 0 Å². The third kappa shape index (κ3) is 4.63. The number of hydrogen-bond acceptors (Lipinski definition) is 0. The van der Waals surface area contributed by atoms with Crippen molar-refractivity contribution >= 4 is 0 Å². The molecule has 0 radical (unpaired) electrons. The first-order chi connectivity index (χ1) is 12.2. The van der Waals surface area contributed by atoms with Crippen molar-refractivity contribution in [2.24, 2.45) is 0 Å². The monoisotopic (exact) mass is 320 g/mol. The Morgan fingerprint density at radius 3 is 1.96 bits per heavy atom. The van der Waals surface area contributed by atoms with Crippen molar-refractivity contribution in [1.82, 2.24) is 0 Å². The van der Waals surface area contributed by atoms with E-state index in [9.17, 15) is 0 Å². The summed E-state index contributed by atoms with van der Waals surface area (Å²) in [5.41, 5.74) is 6.67. The lowest BCUT2D eigenvalue weighted by Gasteiger charge is -2.02. The zero-order valence-electron chi connectivity index (χ0n) is 14.6. The van der Waals surface area contributed by atoms with Crippen LogP contribution in [0.25, 0.3) is 0 Å². The molecule has 0 aromatic heterocycles. The molecule has 0 spiro atoms. The smallest absolute Gasteiger partial charge is 0.0281 e. The fraction of sp³-hybridized carbons (Fsp3) is 0.120. The van der Waals surface area contributed by atoms with E-state index in [-0.39, 0.29) is 0 Å². The number of rotatable bonds is 1. The minimum atomic E-state index is 0.943. The van der Waals surface area contributed by atoms with Gasteiger partial charge in [-0.3, -0.25) is 0 Å². The SMILES string of the molecule is CCc1cc(C#Cc2ccccc2)ccc1C#Cc1ccc(C)cc1. The summed E-state index contributed by atoms with van der Waals surface area (Å²) in [7, 11) is 0. The first-order valence-electron chi connectivity index (χ1n) is 8.53. The summed E-state index contributed by atoms with van der Waals surface area (Å²) in [4.78, 5) is 0. The average molecular weight is 320 g/mol. The van der Waals surface area contributed by atoms with Crippen LogP contribution in [0.15, 0.2) is 72.8 Å². The maximum Gasteiger partial charge on any atom is 0.0281 e. The molecule has 0 aliphatic rings. The molecule has 120 valence electrons. The quantitative estimate of drug-likeness (QED) is 0.530. The third-order valence-corrected chi connectivity index (χ3v) is 4.00. The summed E-state index contributed by atoms with van der Waals surface area (Å²) in [5, 5.41) is 0. The van der Waals surface area contributed by atoms with Crippen LogP contribution in [0.1, 0.15) is 40.3 Å². The Morgan fingerprint density at radius 1 is 0.640 bits per heavy atom. The highest BCUT2D eigenvalue weighted by atomic mass is 14.0. The molecule has 0 N–H and O–H groups in total. The van der Waals surface area contributed by atoms with Gasteiger partial charge in [-0.1, -0.05) is 66.5 Å². The molecule has 0 atom stereocenters. The van der Waals surface area contributed by atoms with Gasteiger partial charge < -0.3 is 0 Å². The maximum absolute atomic E-state index is 3.30. The average Bonchev–Trinajstić information content (AvgIpc) is 2.67. The van der Waals surface area contributed by atoms with Gasteiger partial charge in [0.25, 0.3) is 0 Å². The summed E-state index contributed by atoms with van der Waals surface area (Å²) >= 11 is 0. The molecule has 0 amide bonds. The third-order valence-electron chi connectivity index (χ3n) is 4.00. The minimum Gasteiger partial charge on any atom is -0.0622 e. The zero-order valence-corrected chi connectivity index (χ0v) is 14.6. The largest absolute Gasteiger partial charge is 0.0622 e. The Balaban J connectivity index is 1.86. The van der Waals surface area contributed by atoms with Gasteiger partial charge in [-0.05, 0) is 61.4 Å². The maximum atomic E-state index is 3.30. The van der Waals surface area contributed by atoms with Gasteiger partial charge >= 0.3 is 0 Å². The van der Waals surface area contributed by atoms with Crippen molar-refractivity contribution in [3.05, 3.63) is 106 Å². The van der Waals surface area contributed by atoms with Crippen molar-refractivity contribution in [1.29, 1.82) is 0 Å². The van der Waals surface area contributed by atoms with E-state index in [2.05, 4.69) is 73.9 Å². The van der Waals surface area contributed by atoms with E-state index in [1.165, 1.54) is 11.1 Å². The van der Waals surface area contributed by atoms with Crippen molar-refractivity contribution in [2.45, 2.75) is 20.3 Å². The van der Waals surface area contributed by atoms with E-state index in [4.69, 9.17) is 0 Å². The number of benzene rings is 3. The van der Waals surface area contributed by atoms with E-state index in [0.717, 1.165) is 28.7 Å². The Labute approximate surface area is 150 Å².